The van der Waals surface area contributed by atoms with Gasteiger partial charge in [-0.25, -0.2) is 13.1 Å². The first-order chi connectivity index (χ1) is 13.4. The largest absolute Gasteiger partial charge is 0.355 e. The van der Waals surface area contributed by atoms with E-state index >= 15 is 0 Å². The maximum Gasteiger partial charge on any atom is 0.236 e. The van der Waals surface area contributed by atoms with Gasteiger partial charge in [0.1, 0.15) is 0 Å². The van der Waals surface area contributed by atoms with Gasteiger partial charge in [0.25, 0.3) is 0 Å². The maximum absolute atomic E-state index is 11.9. The first-order valence-electron chi connectivity index (χ1n) is 10.5. The number of sulfonamides is 1. The molecule has 0 aliphatic heterocycles. The number of unbranched alkanes of at least 4 members (excludes halogenated alkanes) is 2. The van der Waals surface area contributed by atoms with E-state index in [2.05, 4.69) is 20.7 Å². The summed E-state index contributed by atoms with van der Waals surface area (Å²) in [5.74, 6) is -0.0614. The topological polar surface area (TPSA) is 151 Å². The van der Waals surface area contributed by atoms with E-state index in [1.165, 1.54) is 0 Å². The number of carbonyl (C=O) groups is 1. The highest BCUT2D eigenvalue weighted by Crippen LogP contribution is 1.99. The van der Waals surface area contributed by atoms with Gasteiger partial charge in [-0.3, -0.25) is 4.79 Å². The molecule has 0 bridgehead atoms. The van der Waals surface area contributed by atoms with Gasteiger partial charge < -0.3 is 27.4 Å². The number of rotatable bonds is 20. The van der Waals surface area contributed by atoms with Crippen molar-refractivity contribution in [1.29, 1.82) is 0 Å². The Balaban J connectivity index is 3.44. The van der Waals surface area contributed by atoms with E-state index in [0.717, 1.165) is 58.4 Å². The van der Waals surface area contributed by atoms with E-state index in [1.54, 1.807) is 6.92 Å². The third kappa shape index (κ3) is 17.3. The Kier molecular flexibility index (Phi) is 17.8. The molecule has 0 aromatic rings. The zero-order chi connectivity index (χ0) is 21.1. The lowest BCUT2D eigenvalue weighted by Gasteiger charge is -2.12. The van der Waals surface area contributed by atoms with Crippen molar-refractivity contribution in [3.05, 3.63) is 0 Å². The molecule has 0 aromatic heterocycles. The molecule has 0 unspecified atom stereocenters. The Labute approximate surface area is 171 Å². The van der Waals surface area contributed by atoms with Crippen LogP contribution in [-0.4, -0.2) is 71.9 Å². The molecule has 0 rings (SSSR count). The van der Waals surface area contributed by atoms with E-state index in [0.29, 0.717) is 32.4 Å². The lowest BCUT2D eigenvalue weighted by molar-refractivity contribution is -0.122. The van der Waals surface area contributed by atoms with Crippen LogP contribution in [0.4, 0.5) is 0 Å². The third-order valence-corrected chi connectivity index (χ3v) is 5.73. The van der Waals surface area contributed by atoms with Gasteiger partial charge in [-0.1, -0.05) is 6.42 Å². The van der Waals surface area contributed by atoms with E-state index in [-0.39, 0.29) is 11.7 Å². The van der Waals surface area contributed by atoms with Crippen molar-refractivity contribution in [2.75, 3.05) is 51.6 Å². The quantitative estimate of drug-likeness (QED) is 0.141. The molecule has 0 fully saturated rings. The SMILES string of the molecule is CCS(=O)(=O)NCCCC[C@H](N)C(=O)NCCCNCCCCNCCCN. The molecule has 168 valence electrons. The van der Waals surface area contributed by atoms with Crippen molar-refractivity contribution in [2.45, 2.75) is 57.9 Å². The van der Waals surface area contributed by atoms with Gasteiger partial charge in [-0.05, 0) is 78.2 Å². The van der Waals surface area contributed by atoms with Gasteiger partial charge in [0, 0.05) is 13.1 Å². The van der Waals surface area contributed by atoms with Crippen LogP contribution in [-0.2, 0) is 14.8 Å². The zero-order valence-electron chi connectivity index (χ0n) is 17.5. The number of hydrogen-bond donors (Lipinski definition) is 6. The molecule has 1 atom stereocenters. The van der Waals surface area contributed by atoms with Gasteiger partial charge in [0.15, 0.2) is 0 Å². The summed E-state index contributed by atoms with van der Waals surface area (Å²) < 4.78 is 25.1. The fourth-order valence-electron chi connectivity index (χ4n) is 2.48. The second kappa shape index (κ2) is 18.3. The molecule has 0 saturated carbocycles. The lowest BCUT2D eigenvalue weighted by atomic mass is 10.1. The van der Waals surface area contributed by atoms with Crippen molar-refractivity contribution in [3.8, 4) is 0 Å². The van der Waals surface area contributed by atoms with Crippen LogP contribution < -0.4 is 32.1 Å². The predicted molar refractivity (Wildman–Crippen MR) is 116 cm³/mol. The summed E-state index contributed by atoms with van der Waals surface area (Å²) in [7, 11) is -3.14. The molecule has 0 aromatic carbocycles. The summed E-state index contributed by atoms with van der Waals surface area (Å²) in [6.45, 7) is 7.20. The molecular formula is C18H42N6O3S. The number of amides is 1. The molecule has 8 N–H and O–H groups in total. The molecule has 0 spiro atoms. The second-order valence-corrected chi connectivity index (χ2v) is 8.99. The highest BCUT2D eigenvalue weighted by atomic mass is 32.2. The summed E-state index contributed by atoms with van der Waals surface area (Å²) in [6.07, 6.45) is 6.10. The van der Waals surface area contributed by atoms with Crippen LogP contribution in [0.1, 0.15) is 51.9 Å². The van der Waals surface area contributed by atoms with Crippen molar-refractivity contribution in [2.24, 2.45) is 11.5 Å². The first kappa shape index (κ1) is 27.2. The molecular weight excluding hydrogens is 380 g/mol. The summed E-state index contributed by atoms with van der Waals surface area (Å²) in [4.78, 5) is 11.9. The number of nitrogens with two attached hydrogens (primary N) is 2. The molecule has 28 heavy (non-hydrogen) atoms. The van der Waals surface area contributed by atoms with Crippen LogP contribution in [0.25, 0.3) is 0 Å². The molecule has 10 heteroatoms. The molecule has 9 nitrogen and oxygen atoms in total. The van der Waals surface area contributed by atoms with Gasteiger partial charge in [0.2, 0.25) is 15.9 Å². The van der Waals surface area contributed by atoms with Crippen molar-refractivity contribution in [1.82, 2.24) is 20.7 Å². The van der Waals surface area contributed by atoms with Gasteiger partial charge in [0.05, 0.1) is 11.8 Å². The number of carbonyl (C=O) groups excluding carboxylic acids is 1. The van der Waals surface area contributed by atoms with Crippen molar-refractivity contribution >= 4 is 15.9 Å². The highest BCUT2D eigenvalue weighted by molar-refractivity contribution is 7.89. The predicted octanol–water partition coefficient (Wildman–Crippen LogP) is -0.762. The Hall–Kier alpha value is -0.780. The molecule has 0 aliphatic carbocycles. The lowest BCUT2D eigenvalue weighted by Crippen LogP contribution is -2.41. The van der Waals surface area contributed by atoms with E-state index < -0.39 is 16.1 Å². The number of nitrogens with one attached hydrogen (secondary N) is 4. The summed E-state index contributed by atoms with van der Waals surface area (Å²) in [6, 6.07) is -0.539. The zero-order valence-corrected chi connectivity index (χ0v) is 18.3. The smallest absolute Gasteiger partial charge is 0.236 e. The van der Waals surface area contributed by atoms with Crippen LogP contribution in [0.5, 0.6) is 0 Å². The molecule has 0 heterocycles. The Morgan fingerprint density at radius 2 is 1.43 bits per heavy atom. The summed E-state index contributed by atoms with van der Waals surface area (Å²) in [5, 5.41) is 9.57. The summed E-state index contributed by atoms with van der Waals surface area (Å²) in [5.41, 5.74) is 11.3. The standard InChI is InChI=1S/C18H42N6O3S/c1-2-28(26,27)24-16-4-3-9-17(20)18(25)23-15-8-14-22-12-6-5-11-21-13-7-10-19/h17,21-22,24H,2-16,19-20H2,1H3,(H,23,25)/t17-/m0/s1. The van der Waals surface area contributed by atoms with Gasteiger partial charge >= 0.3 is 0 Å². The average Bonchev–Trinajstić information content (AvgIpc) is 2.68. The normalized spacial score (nSPS) is 12.8. The van der Waals surface area contributed by atoms with Crippen LogP contribution in [0.2, 0.25) is 0 Å². The minimum atomic E-state index is -3.14. The van der Waals surface area contributed by atoms with Crippen LogP contribution in [0, 0.1) is 0 Å². The van der Waals surface area contributed by atoms with E-state index in [9.17, 15) is 13.2 Å². The first-order valence-corrected chi connectivity index (χ1v) is 12.2. The molecule has 1 amide bonds. The Morgan fingerprint density at radius 1 is 0.857 bits per heavy atom. The Bertz CT molecular complexity index is 476. The van der Waals surface area contributed by atoms with Crippen LogP contribution in [0.3, 0.4) is 0 Å². The molecule has 0 saturated heterocycles. The van der Waals surface area contributed by atoms with E-state index in [1.807, 2.05) is 0 Å². The minimum absolute atomic E-state index is 0.0796. The van der Waals surface area contributed by atoms with Gasteiger partial charge in [-0.2, -0.15) is 0 Å². The van der Waals surface area contributed by atoms with Gasteiger partial charge in [-0.15, -0.1) is 0 Å². The number of hydrogen-bond acceptors (Lipinski definition) is 7. The molecule has 0 radical (unpaired) electrons. The fourth-order valence-corrected chi connectivity index (χ4v) is 3.14. The maximum atomic E-state index is 11.9. The van der Waals surface area contributed by atoms with Crippen molar-refractivity contribution in [3.63, 3.8) is 0 Å². The monoisotopic (exact) mass is 422 g/mol. The average molecular weight is 423 g/mol. The highest BCUT2D eigenvalue weighted by Gasteiger charge is 2.12. The third-order valence-electron chi connectivity index (χ3n) is 4.33. The van der Waals surface area contributed by atoms with Crippen molar-refractivity contribution < 1.29 is 13.2 Å². The van der Waals surface area contributed by atoms with E-state index in [4.69, 9.17) is 11.5 Å². The minimum Gasteiger partial charge on any atom is -0.355 e. The van der Waals surface area contributed by atoms with Crippen LogP contribution in [0.15, 0.2) is 0 Å². The second-order valence-electron chi connectivity index (χ2n) is 6.89. The van der Waals surface area contributed by atoms with Crippen LogP contribution >= 0.6 is 0 Å². The summed E-state index contributed by atoms with van der Waals surface area (Å²) >= 11 is 0. The Morgan fingerprint density at radius 3 is 2.04 bits per heavy atom. The molecule has 0 aliphatic rings. The fraction of sp³-hybridized carbons (Fsp3) is 0.944.